The number of hydrogen-bond donors (Lipinski definition) is 1. The van der Waals surface area contributed by atoms with Crippen LogP contribution in [0.3, 0.4) is 0 Å². The van der Waals surface area contributed by atoms with Crippen molar-refractivity contribution < 1.29 is 4.39 Å². The van der Waals surface area contributed by atoms with E-state index in [4.69, 9.17) is 0 Å². The third kappa shape index (κ3) is 3.41. The molecule has 1 N–H and O–H groups in total. The van der Waals surface area contributed by atoms with Crippen molar-refractivity contribution in [2.75, 3.05) is 13.6 Å². The summed E-state index contributed by atoms with van der Waals surface area (Å²) in [5, 5.41) is 3.22. The van der Waals surface area contributed by atoms with Crippen molar-refractivity contribution in [2.45, 2.75) is 12.3 Å². The highest BCUT2D eigenvalue weighted by Gasteiger charge is 2.11. The van der Waals surface area contributed by atoms with Crippen LogP contribution in [0.1, 0.15) is 17.0 Å². The van der Waals surface area contributed by atoms with E-state index in [9.17, 15) is 4.39 Å². The van der Waals surface area contributed by atoms with Crippen LogP contribution >= 0.6 is 0 Å². The van der Waals surface area contributed by atoms with Crippen molar-refractivity contribution in [2.24, 2.45) is 0 Å². The summed E-state index contributed by atoms with van der Waals surface area (Å²) in [6.45, 7) is 0.918. The molecule has 18 heavy (non-hydrogen) atoms. The molecule has 1 nitrogen and oxygen atoms in total. The lowest BCUT2D eigenvalue weighted by molar-refractivity contribution is 0.615. The summed E-state index contributed by atoms with van der Waals surface area (Å²) in [4.78, 5) is 0. The second kappa shape index (κ2) is 6.31. The van der Waals surface area contributed by atoms with Crippen LogP contribution < -0.4 is 5.32 Å². The van der Waals surface area contributed by atoms with E-state index in [0.717, 1.165) is 13.0 Å². The fourth-order valence-corrected chi connectivity index (χ4v) is 2.18. The molecule has 0 aliphatic heterocycles. The van der Waals surface area contributed by atoms with Crippen LogP contribution in [-0.2, 0) is 6.42 Å². The summed E-state index contributed by atoms with van der Waals surface area (Å²) in [6, 6.07) is 17.2. The molecule has 0 aliphatic rings. The zero-order chi connectivity index (χ0) is 12.8. The maximum atomic E-state index is 12.9. The second-order valence-electron chi connectivity index (χ2n) is 4.50. The van der Waals surface area contributed by atoms with Gasteiger partial charge in [0.2, 0.25) is 0 Å². The van der Waals surface area contributed by atoms with Gasteiger partial charge in [0.05, 0.1) is 0 Å². The Hall–Kier alpha value is -1.67. The van der Waals surface area contributed by atoms with Crippen molar-refractivity contribution >= 4 is 0 Å². The van der Waals surface area contributed by atoms with Crippen molar-refractivity contribution in [3.8, 4) is 0 Å². The maximum absolute atomic E-state index is 12.9. The van der Waals surface area contributed by atoms with Crippen LogP contribution in [0.2, 0.25) is 0 Å². The van der Waals surface area contributed by atoms with Gasteiger partial charge in [0, 0.05) is 12.5 Å². The predicted octanol–water partition coefficient (Wildman–Crippen LogP) is 3.37. The van der Waals surface area contributed by atoms with E-state index in [1.54, 1.807) is 0 Å². The van der Waals surface area contributed by atoms with Gasteiger partial charge < -0.3 is 5.32 Å². The number of likely N-dealkylation sites (N-methyl/N-ethyl adjacent to an activating group) is 1. The number of hydrogen-bond acceptors (Lipinski definition) is 1. The van der Waals surface area contributed by atoms with Gasteiger partial charge >= 0.3 is 0 Å². The SMILES string of the molecule is CNCC(Cc1ccc(F)cc1)c1ccccc1. The van der Waals surface area contributed by atoms with Crippen LogP contribution in [-0.4, -0.2) is 13.6 Å². The first-order chi connectivity index (χ1) is 8.79. The normalized spacial score (nSPS) is 12.3. The topological polar surface area (TPSA) is 12.0 Å². The monoisotopic (exact) mass is 243 g/mol. The molecule has 0 spiro atoms. The highest BCUT2D eigenvalue weighted by Crippen LogP contribution is 2.20. The average molecular weight is 243 g/mol. The molecule has 2 heteroatoms. The molecule has 2 rings (SSSR count). The van der Waals surface area contributed by atoms with Crippen LogP contribution in [0.15, 0.2) is 54.6 Å². The van der Waals surface area contributed by atoms with E-state index in [1.807, 2.05) is 25.2 Å². The Balaban J connectivity index is 2.14. The van der Waals surface area contributed by atoms with Crippen molar-refractivity contribution in [1.29, 1.82) is 0 Å². The quantitative estimate of drug-likeness (QED) is 0.849. The summed E-state index contributed by atoms with van der Waals surface area (Å²) in [5.74, 6) is 0.241. The minimum Gasteiger partial charge on any atom is -0.319 e. The molecular formula is C16H18FN. The molecule has 1 unspecified atom stereocenters. The van der Waals surface area contributed by atoms with E-state index < -0.39 is 0 Å². The molecule has 2 aromatic rings. The van der Waals surface area contributed by atoms with E-state index in [-0.39, 0.29) is 5.82 Å². The van der Waals surface area contributed by atoms with Crippen molar-refractivity contribution in [3.05, 3.63) is 71.5 Å². The van der Waals surface area contributed by atoms with Crippen molar-refractivity contribution in [3.63, 3.8) is 0 Å². The van der Waals surface area contributed by atoms with Gasteiger partial charge in [0.25, 0.3) is 0 Å². The number of rotatable bonds is 5. The third-order valence-electron chi connectivity index (χ3n) is 3.12. The van der Waals surface area contributed by atoms with Crippen LogP contribution in [0, 0.1) is 5.82 Å². The van der Waals surface area contributed by atoms with E-state index in [0.29, 0.717) is 5.92 Å². The van der Waals surface area contributed by atoms with E-state index in [2.05, 4.69) is 29.6 Å². The van der Waals surface area contributed by atoms with Gasteiger partial charge in [-0.1, -0.05) is 42.5 Å². The molecule has 0 bridgehead atoms. The minimum atomic E-state index is -0.177. The first kappa shape index (κ1) is 12.8. The van der Waals surface area contributed by atoms with Gasteiger partial charge in [-0.05, 0) is 36.7 Å². The number of nitrogens with one attached hydrogen (secondary N) is 1. The average Bonchev–Trinajstić information content (AvgIpc) is 2.42. The van der Waals surface area contributed by atoms with Gasteiger partial charge in [0.1, 0.15) is 5.82 Å². The van der Waals surface area contributed by atoms with Gasteiger partial charge in [-0.25, -0.2) is 4.39 Å². The largest absolute Gasteiger partial charge is 0.319 e. The summed E-state index contributed by atoms with van der Waals surface area (Å²) in [5.41, 5.74) is 2.48. The van der Waals surface area contributed by atoms with Crippen LogP contribution in [0.4, 0.5) is 4.39 Å². The molecule has 0 heterocycles. The lowest BCUT2D eigenvalue weighted by atomic mass is 9.92. The predicted molar refractivity (Wildman–Crippen MR) is 73.2 cm³/mol. The Labute approximate surface area is 108 Å². The second-order valence-corrected chi connectivity index (χ2v) is 4.50. The van der Waals surface area contributed by atoms with Gasteiger partial charge in [-0.15, -0.1) is 0 Å². The Morgan fingerprint density at radius 3 is 2.28 bits per heavy atom. The molecule has 0 radical (unpaired) electrons. The fourth-order valence-electron chi connectivity index (χ4n) is 2.18. The molecule has 0 aliphatic carbocycles. The Morgan fingerprint density at radius 1 is 1.00 bits per heavy atom. The van der Waals surface area contributed by atoms with Gasteiger partial charge in [-0.3, -0.25) is 0 Å². The van der Waals surface area contributed by atoms with E-state index in [1.165, 1.54) is 23.3 Å². The summed E-state index contributed by atoms with van der Waals surface area (Å²) in [6.07, 6.45) is 0.922. The molecule has 0 saturated carbocycles. The first-order valence-corrected chi connectivity index (χ1v) is 6.23. The molecule has 1 atom stereocenters. The van der Waals surface area contributed by atoms with E-state index >= 15 is 0 Å². The Bertz CT molecular complexity index is 464. The van der Waals surface area contributed by atoms with Gasteiger partial charge in [0.15, 0.2) is 0 Å². The summed E-state index contributed by atoms with van der Waals surface area (Å²) < 4.78 is 12.9. The fraction of sp³-hybridized carbons (Fsp3) is 0.250. The first-order valence-electron chi connectivity index (χ1n) is 6.23. The molecule has 2 aromatic carbocycles. The highest BCUT2D eigenvalue weighted by molar-refractivity contribution is 5.24. The number of benzene rings is 2. The zero-order valence-corrected chi connectivity index (χ0v) is 10.6. The minimum absolute atomic E-state index is 0.177. The van der Waals surface area contributed by atoms with Crippen molar-refractivity contribution in [1.82, 2.24) is 5.32 Å². The maximum Gasteiger partial charge on any atom is 0.123 e. The number of halogens is 1. The highest BCUT2D eigenvalue weighted by atomic mass is 19.1. The standard InChI is InChI=1S/C16H18FN/c1-18-12-15(14-5-3-2-4-6-14)11-13-7-9-16(17)10-8-13/h2-10,15,18H,11-12H2,1H3. The summed E-state index contributed by atoms with van der Waals surface area (Å²) in [7, 11) is 1.96. The van der Waals surface area contributed by atoms with Crippen LogP contribution in [0.25, 0.3) is 0 Å². The van der Waals surface area contributed by atoms with Gasteiger partial charge in [-0.2, -0.15) is 0 Å². The molecule has 0 fully saturated rings. The third-order valence-corrected chi connectivity index (χ3v) is 3.12. The smallest absolute Gasteiger partial charge is 0.123 e. The van der Waals surface area contributed by atoms with Crippen LogP contribution in [0.5, 0.6) is 0 Å². The summed E-state index contributed by atoms with van der Waals surface area (Å²) >= 11 is 0. The molecule has 0 amide bonds. The Morgan fingerprint density at radius 2 is 1.67 bits per heavy atom. The Kier molecular flexibility index (Phi) is 4.48. The lowest BCUT2D eigenvalue weighted by Crippen LogP contribution is -2.19. The molecule has 0 saturated heterocycles. The zero-order valence-electron chi connectivity index (χ0n) is 10.6. The lowest BCUT2D eigenvalue weighted by Gasteiger charge is -2.17. The molecule has 94 valence electrons. The molecule has 0 aromatic heterocycles. The molecular weight excluding hydrogens is 225 g/mol.